The fraction of sp³-hybridized carbons (Fsp3) is 1.00. The van der Waals surface area contributed by atoms with Crippen LogP contribution in [-0.2, 0) is 0 Å². The van der Waals surface area contributed by atoms with Gasteiger partial charge in [-0.2, -0.15) is 0 Å². The SMILES string of the molecule is C1CCCC(NCCCN2CCN(CCCNC3CCCCCCC3)CC2)CCC1. The predicted molar refractivity (Wildman–Crippen MR) is 130 cm³/mol. The summed E-state index contributed by atoms with van der Waals surface area (Å²) in [7, 11) is 0. The second-order valence-corrected chi connectivity index (χ2v) is 10.4. The molecule has 3 fully saturated rings. The summed E-state index contributed by atoms with van der Waals surface area (Å²) in [5, 5.41) is 7.72. The van der Waals surface area contributed by atoms with Gasteiger partial charge in [-0.1, -0.05) is 64.2 Å². The molecule has 3 rings (SSSR count). The Labute approximate surface area is 187 Å². The van der Waals surface area contributed by atoms with Crippen LogP contribution in [0.3, 0.4) is 0 Å². The Morgan fingerprint density at radius 3 is 1.17 bits per heavy atom. The van der Waals surface area contributed by atoms with Gasteiger partial charge in [-0.25, -0.2) is 0 Å². The molecule has 0 unspecified atom stereocenters. The monoisotopic (exact) mass is 420 g/mol. The first-order valence-corrected chi connectivity index (χ1v) is 13.8. The Morgan fingerprint density at radius 1 is 0.467 bits per heavy atom. The molecule has 1 saturated heterocycles. The van der Waals surface area contributed by atoms with Crippen molar-refractivity contribution in [1.82, 2.24) is 20.4 Å². The second kappa shape index (κ2) is 15.6. The van der Waals surface area contributed by atoms with Crippen LogP contribution < -0.4 is 10.6 Å². The van der Waals surface area contributed by atoms with Crippen molar-refractivity contribution in [2.45, 2.75) is 115 Å². The highest BCUT2D eigenvalue weighted by Gasteiger charge is 2.17. The van der Waals surface area contributed by atoms with Gasteiger partial charge in [0.2, 0.25) is 0 Å². The quantitative estimate of drug-likeness (QED) is 0.498. The number of hydrogen-bond donors (Lipinski definition) is 2. The van der Waals surface area contributed by atoms with Crippen LogP contribution in [0.15, 0.2) is 0 Å². The molecule has 4 nitrogen and oxygen atoms in total. The third-order valence-corrected chi connectivity index (χ3v) is 7.84. The molecule has 0 aromatic rings. The lowest BCUT2D eigenvalue weighted by Crippen LogP contribution is -2.47. The molecule has 2 saturated carbocycles. The van der Waals surface area contributed by atoms with Gasteiger partial charge in [-0.3, -0.25) is 0 Å². The van der Waals surface area contributed by atoms with Crippen LogP contribution in [0.4, 0.5) is 0 Å². The van der Waals surface area contributed by atoms with E-state index in [0.29, 0.717) is 0 Å². The number of rotatable bonds is 10. The second-order valence-electron chi connectivity index (χ2n) is 10.4. The van der Waals surface area contributed by atoms with Gasteiger partial charge in [-0.15, -0.1) is 0 Å². The largest absolute Gasteiger partial charge is 0.314 e. The van der Waals surface area contributed by atoms with E-state index in [-0.39, 0.29) is 0 Å². The first-order valence-electron chi connectivity index (χ1n) is 13.8. The van der Waals surface area contributed by atoms with Crippen LogP contribution in [0.2, 0.25) is 0 Å². The summed E-state index contributed by atoms with van der Waals surface area (Å²) >= 11 is 0. The summed E-state index contributed by atoms with van der Waals surface area (Å²) in [6.07, 6.45) is 22.8. The normalized spacial score (nSPS) is 24.8. The van der Waals surface area contributed by atoms with Crippen molar-refractivity contribution in [1.29, 1.82) is 0 Å². The highest BCUT2D eigenvalue weighted by atomic mass is 15.3. The van der Waals surface area contributed by atoms with Crippen molar-refractivity contribution in [2.24, 2.45) is 0 Å². The van der Waals surface area contributed by atoms with Crippen LogP contribution in [-0.4, -0.2) is 74.2 Å². The lowest BCUT2D eigenvalue weighted by molar-refractivity contribution is 0.129. The zero-order valence-corrected chi connectivity index (χ0v) is 20.0. The van der Waals surface area contributed by atoms with Crippen LogP contribution in [0.25, 0.3) is 0 Å². The van der Waals surface area contributed by atoms with E-state index in [0.717, 1.165) is 12.1 Å². The van der Waals surface area contributed by atoms with E-state index in [1.807, 2.05) is 0 Å². The Balaban J connectivity index is 1.15. The topological polar surface area (TPSA) is 30.5 Å². The van der Waals surface area contributed by atoms with Crippen LogP contribution >= 0.6 is 0 Å². The molecule has 4 heteroatoms. The van der Waals surface area contributed by atoms with Gasteiger partial charge in [0.05, 0.1) is 0 Å². The van der Waals surface area contributed by atoms with Gasteiger partial charge in [0.1, 0.15) is 0 Å². The van der Waals surface area contributed by atoms with Gasteiger partial charge in [0, 0.05) is 38.3 Å². The molecule has 0 aromatic carbocycles. The fourth-order valence-electron chi connectivity index (χ4n) is 5.77. The number of nitrogens with one attached hydrogen (secondary N) is 2. The lowest BCUT2D eigenvalue weighted by Gasteiger charge is -2.35. The predicted octanol–water partition coefficient (Wildman–Crippen LogP) is 4.79. The molecule has 1 aliphatic heterocycles. The standard InChI is InChI=1S/C26H52N4/c1-3-7-13-25(14-8-4-1)27-17-11-19-29-21-23-30(24-22-29)20-12-18-28-26-15-9-5-2-6-10-16-26/h25-28H,1-24H2. The van der Waals surface area contributed by atoms with E-state index in [9.17, 15) is 0 Å². The Morgan fingerprint density at radius 2 is 0.800 bits per heavy atom. The van der Waals surface area contributed by atoms with Crippen molar-refractivity contribution < 1.29 is 0 Å². The first-order chi connectivity index (χ1) is 14.9. The van der Waals surface area contributed by atoms with E-state index in [1.54, 1.807) is 0 Å². The Hall–Kier alpha value is -0.160. The summed E-state index contributed by atoms with van der Waals surface area (Å²) in [5.41, 5.74) is 0. The van der Waals surface area contributed by atoms with Crippen molar-refractivity contribution >= 4 is 0 Å². The molecular formula is C26H52N4. The highest BCUT2D eigenvalue weighted by molar-refractivity contribution is 4.75. The van der Waals surface area contributed by atoms with E-state index in [4.69, 9.17) is 0 Å². The fourth-order valence-corrected chi connectivity index (χ4v) is 5.77. The minimum absolute atomic E-state index is 0.804. The van der Waals surface area contributed by atoms with Gasteiger partial charge < -0.3 is 20.4 Å². The van der Waals surface area contributed by atoms with Crippen LogP contribution in [0.5, 0.6) is 0 Å². The minimum atomic E-state index is 0.804. The average Bonchev–Trinajstić information content (AvgIpc) is 2.72. The molecule has 0 aromatic heterocycles. The molecule has 3 aliphatic rings. The summed E-state index contributed by atoms with van der Waals surface area (Å²) in [6, 6.07) is 1.61. The minimum Gasteiger partial charge on any atom is -0.314 e. The first kappa shape index (κ1) is 24.5. The van der Waals surface area contributed by atoms with Gasteiger partial charge >= 0.3 is 0 Å². The third-order valence-electron chi connectivity index (χ3n) is 7.84. The molecule has 2 N–H and O–H groups in total. The van der Waals surface area contributed by atoms with Crippen molar-refractivity contribution in [3.05, 3.63) is 0 Å². The zero-order valence-electron chi connectivity index (χ0n) is 20.0. The Bertz CT molecular complexity index is 354. The molecule has 176 valence electrons. The maximum atomic E-state index is 3.86. The summed E-state index contributed by atoms with van der Waals surface area (Å²) < 4.78 is 0. The van der Waals surface area contributed by atoms with Gasteiger partial charge in [-0.05, 0) is 64.7 Å². The van der Waals surface area contributed by atoms with Crippen molar-refractivity contribution in [2.75, 3.05) is 52.4 Å². The molecule has 1 heterocycles. The molecule has 0 bridgehead atoms. The highest BCUT2D eigenvalue weighted by Crippen LogP contribution is 2.18. The van der Waals surface area contributed by atoms with Crippen LogP contribution in [0, 0.1) is 0 Å². The summed E-state index contributed by atoms with van der Waals surface area (Å²) in [5.74, 6) is 0. The van der Waals surface area contributed by atoms with Crippen LogP contribution in [0.1, 0.15) is 103 Å². The molecule has 0 radical (unpaired) electrons. The lowest BCUT2D eigenvalue weighted by atomic mass is 9.97. The molecule has 0 atom stereocenters. The zero-order chi connectivity index (χ0) is 20.7. The number of nitrogens with zero attached hydrogens (tertiary/aromatic N) is 2. The summed E-state index contributed by atoms with van der Waals surface area (Å²) in [4.78, 5) is 5.39. The van der Waals surface area contributed by atoms with Crippen molar-refractivity contribution in [3.8, 4) is 0 Å². The maximum absolute atomic E-state index is 3.86. The van der Waals surface area contributed by atoms with E-state index in [2.05, 4.69) is 20.4 Å². The Kier molecular flexibility index (Phi) is 12.7. The molecule has 0 spiro atoms. The third kappa shape index (κ3) is 10.4. The molecule has 30 heavy (non-hydrogen) atoms. The van der Waals surface area contributed by atoms with E-state index < -0.39 is 0 Å². The van der Waals surface area contributed by atoms with Gasteiger partial charge in [0.25, 0.3) is 0 Å². The number of hydrogen-bond acceptors (Lipinski definition) is 4. The summed E-state index contributed by atoms with van der Waals surface area (Å²) in [6.45, 7) is 10.1. The number of piperazine rings is 1. The average molecular weight is 421 g/mol. The molecular weight excluding hydrogens is 368 g/mol. The van der Waals surface area contributed by atoms with E-state index >= 15 is 0 Å². The maximum Gasteiger partial charge on any atom is 0.0110 e. The van der Waals surface area contributed by atoms with Crippen molar-refractivity contribution in [3.63, 3.8) is 0 Å². The van der Waals surface area contributed by atoms with E-state index in [1.165, 1.54) is 155 Å². The molecule has 0 amide bonds. The smallest absolute Gasteiger partial charge is 0.0110 e. The van der Waals surface area contributed by atoms with Gasteiger partial charge in [0.15, 0.2) is 0 Å². The molecule has 2 aliphatic carbocycles.